The molecule has 55 heavy (non-hydrogen) atoms. The molecule has 11 N–H and O–H groups in total. The van der Waals surface area contributed by atoms with Crippen molar-refractivity contribution in [2.45, 2.75) is 115 Å². The first kappa shape index (κ1) is 48.3. The molecule has 0 radical (unpaired) electrons. The zero-order chi connectivity index (χ0) is 41.9. The summed E-state index contributed by atoms with van der Waals surface area (Å²) >= 11 is 5.02. The second-order valence-electron chi connectivity index (χ2n) is 13.0. The van der Waals surface area contributed by atoms with Crippen LogP contribution in [0, 0.1) is 5.92 Å². The molecule has 1 rings (SSSR count). The molecule has 0 aliphatic rings. The van der Waals surface area contributed by atoms with Crippen molar-refractivity contribution < 1.29 is 50.3 Å². The van der Waals surface area contributed by atoms with Gasteiger partial charge in [0.25, 0.3) is 0 Å². The van der Waals surface area contributed by atoms with Gasteiger partial charge in [-0.1, -0.05) is 33.1 Å². The van der Waals surface area contributed by atoms with Crippen molar-refractivity contribution in [1.29, 1.82) is 0 Å². The minimum absolute atomic E-state index is 0.0129. The summed E-state index contributed by atoms with van der Waals surface area (Å²) in [6, 6.07) is -2.15. The lowest BCUT2D eigenvalue weighted by Crippen LogP contribution is -2.56. The summed E-state index contributed by atoms with van der Waals surface area (Å²) in [6.07, 6.45) is -7.46. The Morgan fingerprint density at radius 1 is 0.782 bits per heavy atom. The third kappa shape index (κ3) is 19.5. The molecule has 1 aromatic rings. The van der Waals surface area contributed by atoms with Gasteiger partial charge in [-0.2, -0.15) is 26.3 Å². The molecule has 0 bridgehead atoms. The van der Waals surface area contributed by atoms with Crippen molar-refractivity contribution in [3.05, 3.63) is 29.3 Å². The molecule has 0 saturated heterocycles. The summed E-state index contributed by atoms with van der Waals surface area (Å²) in [5, 5.41) is 12.7. The van der Waals surface area contributed by atoms with Crippen LogP contribution in [-0.4, -0.2) is 71.7 Å². The summed E-state index contributed by atoms with van der Waals surface area (Å²) in [6.45, 7) is 5.33. The number of carbonyl (C=O) groups excluding carboxylic acids is 5. The largest absolute Gasteiger partial charge is 0.416 e. The van der Waals surface area contributed by atoms with E-state index in [0.717, 1.165) is 0 Å². The van der Waals surface area contributed by atoms with Crippen LogP contribution in [0.2, 0.25) is 0 Å². The Bertz CT molecular complexity index is 1470. The molecular formula is C34H51F6N9O5S. The number of benzene rings is 1. The zero-order valence-electron chi connectivity index (χ0n) is 30.9. The molecule has 0 heterocycles. The van der Waals surface area contributed by atoms with Gasteiger partial charge in [-0.05, 0) is 75.4 Å². The summed E-state index contributed by atoms with van der Waals surface area (Å²) in [5.41, 5.74) is 12.6. The SMILES string of the molecule is CCC(C)C(NC(=O)C(CCC(N)=O)NC(=O)C(CCCN=C(N)N)NC(=O)CCCCCCNC(=S)Nc1cc(C(F)(F)F)cc(C(F)(F)F)c1)C(C)=O. The Hall–Kier alpha value is -4.69. The number of unbranched alkanes of at least 4 members (excludes halogenated alkanes) is 3. The number of hydrogen-bond donors (Lipinski definition) is 8. The Morgan fingerprint density at radius 3 is 1.87 bits per heavy atom. The summed E-state index contributed by atoms with van der Waals surface area (Å²) in [7, 11) is 0. The lowest BCUT2D eigenvalue weighted by atomic mass is 9.95. The number of aliphatic imine (C=N–C) groups is 1. The van der Waals surface area contributed by atoms with Gasteiger partial charge in [-0.15, -0.1) is 0 Å². The van der Waals surface area contributed by atoms with Crippen molar-refractivity contribution in [3.63, 3.8) is 0 Å². The van der Waals surface area contributed by atoms with Gasteiger partial charge in [-0.25, -0.2) is 0 Å². The van der Waals surface area contributed by atoms with Crippen LogP contribution in [-0.2, 0) is 36.3 Å². The number of guanidine groups is 1. The predicted molar refractivity (Wildman–Crippen MR) is 198 cm³/mol. The molecule has 0 aliphatic heterocycles. The van der Waals surface area contributed by atoms with E-state index in [4.69, 9.17) is 29.4 Å². The van der Waals surface area contributed by atoms with E-state index < -0.39 is 70.9 Å². The van der Waals surface area contributed by atoms with Gasteiger partial charge in [0.1, 0.15) is 12.1 Å². The monoisotopic (exact) mass is 811 g/mol. The molecule has 310 valence electrons. The first-order valence-corrected chi connectivity index (χ1v) is 18.0. The second-order valence-corrected chi connectivity index (χ2v) is 13.4. The van der Waals surface area contributed by atoms with Crippen LogP contribution in [0.5, 0.6) is 0 Å². The number of rotatable bonds is 23. The maximum Gasteiger partial charge on any atom is 0.416 e. The molecule has 4 amide bonds. The quantitative estimate of drug-likeness (QED) is 0.0264. The number of ketones is 1. The standard InChI is InChI=1S/C34H51F6N9O5S/c1-4-19(2)28(20(3)50)49-30(54)25(12-13-26(41)51)48-29(53)24(10-9-15-44-31(42)43)47-27(52)11-7-5-6-8-14-45-32(55)46-23-17-21(33(35,36)37)16-22(18-23)34(38,39)40/h16-19,24-25,28H,4-15H2,1-3H3,(H2,41,51)(H,47,52)(H,48,53)(H,49,54)(H4,42,43,44)(H2,45,46,55). The van der Waals surface area contributed by atoms with Crippen molar-refractivity contribution in [2.75, 3.05) is 18.4 Å². The lowest BCUT2D eigenvalue weighted by molar-refractivity contribution is -0.143. The molecule has 0 aliphatic carbocycles. The van der Waals surface area contributed by atoms with E-state index in [1.54, 1.807) is 6.92 Å². The fraction of sp³-hybridized carbons (Fsp3) is 0.618. The van der Waals surface area contributed by atoms with E-state index in [9.17, 15) is 50.3 Å². The third-order valence-corrected chi connectivity index (χ3v) is 8.57. The average Bonchev–Trinajstić information content (AvgIpc) is 3.07. The summed E-state index contributed by atoms with van der Waals surface area (Å²) in [5.74, 6) is -3.27. The molecular weight excluding hydrogens is 760 g/mol. The van der Waals surface area contributed by atoms with Crippen LogP contribution in [0.4, 0.5) is 32.0 Å². The van der Waals surface area contributed by atoms with Crippen LogP contribution in [0.15, 0.2) is 23.2 Å². The normalized spacial score (nSPS) is 13.7. The predicted octanol–water partition coefficient (Wildman–Crippen LogP) is 3.37. The van der Waals surface area contributed by atoms with Crippen LogP contribution >= 0.6 is 12.2 Å². The van der Waals surface area contributed by atoms with Gasteiger partial charge in [0.05, 0.1) is 17.2 Å². The number of anilines is 1. The number of nitrogens with two attached hydrogens (primary N) is 3. The highest BCUT2D eigenvalue weighted by molar-refractivity contribution is 7.80. The van der Waals surface area contributed by atoms with Crippen LogP contribution in [0.1, 0.15) is 96.1 Å². The van der Waals surface area contributed by atoms with E-state index in [1.807, 2.05) is 6.92 Å². The second kappa shape index (κ2) is 23.3. The van der Waals surface area contributed by atoms with E-state index >= 15 is 0 Å². The van der Waals surface area contributed by atoms with Crippen molar-refractivity contribution in [3.8, 4) is 0 Å². The molecule has 0 saturated carbocycles. The van der Waals surface area contributed by atoms with E-state index in [-0.39, 0.29) is 74.0 Å². The van der Waals surface area contributed by atoms with Crippen LogP contribution in [0.25, 0.3) is 0 Å². The van der Waals surface area contributed by atoms with Gasteiger partial charge in [0.15, 0.2) is 16.9 Å². The number of Topliss-reactive ketones (excluding diaryl/α,β-unsaturated/α-hetero) is 1. The van der Waals surface area contributed by atoms with E-state index in [0.29, 0.717) is 44.2 Å². The van der Waals surface area contributed by atoms with Crippen molar-refractivity contribution in [2.24, 2.45) is 28.1 Å². The number of nitrogens with zero attached hydrogens (tertiary/aromatic N) is 1. The van der Waals surface area contributed by atoms with Gasteiger partial charge < -0.3 is 43.8 Å². The Kier molecular flexibility index (Phi) is 20.5. The molecule has 1 aromatic carbocycles. The highest BCUT2D eigenvalue weighted by Gasteiger charge is 2.37. The Morgan fingerprint density at radius 2 is 1.35 bits per heavy atom. The molecule has 0 aromatic heterocycles. The highest BCUT2D eigenvalue weighted by atomic mass is 32.1. The summed E-state index contributed by atoms with van der Waals surface area (Å²) in [4.78, 5) is 67.1. The van der Waals surface area contributed by atoms with Crippen LogP contribution < -0.4 is 43.8 Å². The topological polar surface area (TPSA) is 236 Å². The first-order valence-electron chi connectivity index (χ1n) is 17.6. The molecule has 14 nitrogen and oxygen atoms in total. The number of alkyl halides is 6. The van der Waals surface area contributed by atoms with Gasteiger partial charge in [0.2, 0.25) is 23.6 Å². The molecule has 0 fully saturated rings. The number of hydrogen-bond acceptors (Lipinski definition) is 7. The first-order chi connectivity index (χ1) is 25.5. The maximum absolute atomic E-state index is 13.4. The van der Waals surface area contributed by atoms with E-state index in [1.165, 1.54) is 6.92 Å². The lowest BCUT2D eigenvalue weighted by Gasteiger charge is -2.27. The molecule has 21 heteroatoms. The average molecular weight is 812 g/mol. The minimum atomic E-state index is -5.01. The Balaban J connectivity index is 2.77. The minimum Gasteiger partial charge on any atom is -0.370 e. The van der Waals surface area contributed by atoms with Crippen molar-refractivity contribution >= 4 is 58.4 Å². The summed E-state index contributed by atoms with van der Waals surface area (Å²) < 4.78 is 78.8. The Labute approximate surface area is 320 Å². The van der Waals surface area contributed by atoms with Gasteiger partial charge >= 0.3 is 12.4 Å². The fourth-order valence-electron chi connectivity index (χ4n) is 5.17. The number of halogens is 6. The maximum atomic E-state index is 13.4. The molecule has 0 spiro atoms. The number of thiocarbonyl (C=S) groups is 1. The molecule has 4 unspecified atom stereocenters. The van der Waals surface area contributed by atoms with E-state index in [2.05, 4.69) is 31.6 Å². The molecule has 4 atom stereocenters. The number of carbonyl (C=O) groups is 5. The third-order valence-electron chi connectivity index (χ3n) is 8.32. The fourth-order valence-corrected chi connectivity index (χ4v) is 5.39. The number of primary amides is 1. The van der Waals surface area contributed by atoms with Gasteiger partial charge in [0, 0.05) is 31.6 Å². The van der Waals surface area contributed by atoms with Crippen LogP contribution in [0.3, 0.4) is 0 Å². The zero-order valence-corrected chi connectivity index (χ0v) is 31.7. The smallest absolute Gasteiger partial charge is 0.370 e. The highest BCUT2D eigenvalue weighted by Crippen LogP contribution is 2.37. The number of amides is 4. The van der Waals surface area contributed by atoms with Crippen molar-refractivity contribution in [1.82, 2.24) is 21.3 Å². The van der Waals surface area contributed by atoms with Gasteiger partial charge in [-0.3, -0.25) is 29.0 Å². The number of nitrogens with one attached hydrogen (secondary N) is 5.